The van der Waals surface area contributed by atoms with E-state index in [2.05, 4.69) is 5.32 Å². The van der Waals surface area contributed by atoms with Gasteiger partial charge < -0.3 is 20.0 Å². The summed E-state index contributed by atoms with van der Waals surface area (Å²) in [6.45, 7) is -0.497. The van der Waals surface area contributed by atoms with Crippen LogP contribution in [0.15, 0.2) is 54.6 Å². The maximum absolute atomic E-state index is 11.9. The number of anilines is 1. The first kappa shape index (κ1) is 15.6. The summed E-state index contributed by atoms with van der Waals surface area (Å²) >= 11 is 0. The van der Waals surface area contributed by atoms with Crippen LogP contribution in [0.5, 0.6) is 5.75 Å². The molecular weight excluding hydrogens is 282 g/mol. The zero-order valence-corrected chi connectivity index (χ0v) is 12.0. The van der Waals surface area contributed by atoms with Crippen molar-refractivity contribution in [2.45, 2.75) is 12.8 Å². The van der Waals surface area contributed by atoms with Crippen LogP contribution >= 0.6 is 0 Å². The lowest BCUT2D eigenvalue weighted by molar-refractivity contribution is -0.307. The molecule has 0 heterocycles. The van der Waals surface area contributed by atoms with E-state index in [9.17, 15) is 14.7 Å². The molecule has 0 spiro atoms. The van der Waals surface area contributed by atoms with Crippen LogP contribution in [-0.4, -0.2) is 18.5 Å². The standard InChI is InChI=1S/C17H17NO4/c19-16(11-6-13-4-2-1-3-5-13)18-14-7-9-15(10-8-14)22-12-17(20)21/h1-5,7-10H,6,11-12H2,(H,18,19)(H,20,21)/p-1. The van der Waals surface area contributed by atoms with Crippen LogP contribution in [0.2, 0.25) is 0 Å². The fourth-order valence-corrected chi connectivity index (χ4v) is 1.90. The fraction of sp³-hybridized carbons (Fsp3) is 0.176. The van der Waals surface area contributed by atoms with E-state index in [1.807, 2.05) is 30.3 Å². The zero-order chi connectivity index (χ0) is 15.8. The minimum absolute atomic E-state index is 0.0766. The second kappa shape index (κ2) is 7.83. The van der Waals surface area contributed by atoms with Crippen molar-refractivity contribution in [2.24, 2.45) is 0 Å². The molecule has 0 fully saturated rings. The summed E-state index contributed by atoms with van der Waals surface area (Å²) in [6.07, 6.45) is 1.08. The summed E-state index contributed by atoms with van der Waals surface area (Å²) in [7, 11) is 0. The van der Waals surface area contributed by atoms with Crippen LogP contribution in [0.3, 0.4) is 0 Å². The van der Waals surface area contributed by atoms with E-state index in [0.29, 0.717) is 24.3 Å². The van der Waals surface area contributed by atoms with Gasteiger partial charge in [0.25, 0.3) is 0 Å². The Kier molecular flexibility index (Phi) is 5.54. The Hall–Kier alpha value is -2.82. The van der Waals surface area contributed by atoms with E-state index in [1.165, 1.54) is 0 Å². The van der Waals surface area contributed by atoms with Gasteiger partial charge in [0.2, 0.25) is 5.91 Å². The van der Waals surface area contributed by atoms with E-state index in [4.69, 9.17) is 4.74 Å². The molecule has 22 heavy (non-hydrogen) atoms. The first-order valence-corrected chi connectivity index (χ1v) is 6.90. The van der Waals surface area contributed by atoms with Gasteiger partial charge in [-0.2, -0.15) is 0 Å². The van der Waals surface area contributed by atoms with Gasteiger partial charge in [-0.1, -0.05) is 30.3 Å². The molecule has 0 aromatic heterocycles. The minimum Gasteiger partial charge on any atom is -0.546 e. The number of hydrogen-bond acceptors (Lipinski definition) is 4. The second-order valence-electron chi connectivity index (χ2n) is 4.72. The molecule has 0 radical (unpaired) electrons. The van der Waals surface area contributed by atoms with Gasteiger partial charge in [0, 0.05) is 12.1 Å². The summed E-state index contributed by atoms with van der Waals surface area (Å²) in [4.78, 5) is 22.1. The van der Waals surface area contributed by atoms with E-state index < -0.39 is 12.6 Å². The molecular formula is C17H16NO4-. The van der Waals surface area contributed by atoms with Gasteiger partial charge in [0.15, 0.2) is 0 Å². The molecule has 2 aromatic carbocycles. The average molecular weight is 298 g/mol. The van der Waals surface area contributed by atoms with Crippen molar-refractivity contribution < 1.29 is 19.4 Å². The molecule has 0 unspecified atom stereocenters. The Morgan fingerprint density at radius 3 is 2.32 bits per heavy atom. The first-order valence-electron chi connectivity index (χ1n) is 6.90. The van der Waals surface area contributed by atoms with E-state index in [0.717, 1.165) is 5.56 Å². The molecule has 114 valence electrons. The molecule has 0 saturated carbocycles. The summed E-state index contributed by atoms with van der Waals surface area (Å²) in [5, 5.41) is 13.1. The van der Waals surface area contributed by atoms with Gasteiger partial charge in [-0.05, 0) is 36.2 Å². The van der Waals surface area contributed by atoms with Crippen LogP contribution in [-0.2, 0) is 16.0 Å². The van der Waals surface area contributed by atoms with E-state index in [1.54, 1.807) is 24.3 Å². The van der Waals surface area contributed by atoms with Gasteiger partial charge in [0.1, 0.15) is 12.4 Å². The highest BCUT2D eigenvalue weighted by molar-refractivity contribution is 5.90. The number of nitrogens with one attached hydrogen (secondary N) is 1. The topological polar surface area (TPSA) is 78.5 Å². The molecule has 0 aliphatic heterocycles. The highest BCUT2D eigenvalue weighted by Crippen LogP contribution is 2.16. The third-order valence-electron chi connectivity index (χ3n) is 2.98. The maximum atomic E-state index is 11.9. The number of carbonyl (C=O) groups excluding carboxylic acids is 2. The van der Waals surface area contributed by atoms with Crippen LogP contribution in [0, 0.1) is 0 Å². The van der Waals surface area contributed by atoms with Gasteiger partial charge in [0.05, 0.1) is 5.97 Å². The summed E-state index contributed by atoms with van der Waals surface area (Å²) < 4.78 is 4.96. The van der Waals surface area contributed by atoms with Gasteiger partial charge >= 0.3 is 0 Å². The zero-order valence-electron chi connectivity index (χ0n) is 12.0. The maximum Gasteiger partial charge on any atom is 0.224 e. The highest BCUT2D eigenvalue weighted by atomic mass is 16.5. The smallest absolute Gasteiger partial charge is 0.224 e. The lowest BCUT2D eigenvalue weighted by Gasteiger charge is -2.08. The molecule has 0 aliphatic rings. The highest BCUT2D eigenvalue weighted by Gasteiger charge is 2.03. The van der Waals surface area contributed by atoms with Crippen LogP contribution < -0.4 is 15.2 Å². The first-order chi connectivity index (χ1) is 10.6. The third kappa shape index (κ3) is 5.28. The molecule has 2 rings (SSSR count). The van der Waals surface area contributed by atoms with Crippen molar-refractivity contribution in [1.82, 2.24) is 0 Å². The molecule has 1 N–H and O–H groups in total. The summed E-state index contributed by atoms with van der Waals surface area (Å²) in [6, 6.07) is 16.3. The average Bonchev–Trinajstić information content (AvgIpc) is 2.53. The lowest BCUT2D eigenvalue weighted by atomic mass is 10.1. The molecule has 5 nitrogen and oxygen atoms in total. The Labute approximate surface area is 128 Å². The molecule has 0 saturated heterocycles. The van der Waals surface area contributed by atoms with Gasteiger partial charge in [-0.25, -0.2) is 0 Å². The van der Waals surface area contributed by atoms with Crippen molar-refractivity contribution >= 4 is 17.6 Å². The molecule has 0 bridgehead atoms. The Morgan fingerprint density at radius 1 is 1.00 bits per heavy atom. The van der Waals surface area contributed by atoms with Crippen LogP contribution in [0.4, 0.5) is 5.69 Å². The van der Waals surface area contributed by atoms with Gasteiger partial charge in [-0.15, -0.1) is 0 Å². The molecule has 1 amide bonds. The third-order valence-corrected chi connectivity index (χ3v) is 2.98. The molecule has 0 aliphatic carbocycles. The number of rotatable bonds is 7. The number of benzene rings is 2. The second-order valence-corrected chi connectivity index (χ2v) is 4.72. The molecule has 5 heteroatoms. The number of carboxylic acids is 1. The monoisotopic (exact) mass is 298 g/mol. The number of aliphatic carboxylic acids is 1. The number of aryl methyl sites for hydroxylation is 1. The van der Waals surface area contributed by atoms with Crippen molar-refractivity contribution in [2.75, 3.05) is 11.9 Å². The fourth-order valence-electron chi connectivity index (χ4n) is 1.90. The Morgan fingerprint density at radius 2 is 1.68 bits per heavy atom. The SMILES string of the molecule is O=C([O-])COc1ccc(NC(=O)CCc2ccccc2)cc1. The number of carboxylic acid groups (broad SMARTS) is 1. The minimum atomic E-state index is -1.28. The Balaban J connectivity index is 1.80. The normalized spacial score (nSPS) is 10.0. The predicted molar refractivity (Wildman–Crippen MR) is 80.3 cm³/mol. The number of amides is 1. The number of carbonyl (C=O) groups is 2. The predicted octanol–water partition coefficient (Wildman–Crippen LogP) is 1.39. The summed E-state index contributed by atoms with van der Waals surface area (Å²) in [5.74, 6) is -0.947. The molecule has 2 aromatic rings. The van der Waals surface area contributed by atoms with Crippen molar-refractivity contribution in [3.8, 4) is 5.75 Å². The van der Waals surface area contributed by atoms with Crippen molar-refractivity contribution in [1.29, 1.82) is 0 Å². The van der Waals surface area contributed by atoms with Crippen LogP contribution in [0.1, 0.15) is 12.0 Å². The summed E-state index contributed by atoms with van der Waals surface area (Å²) in [5.41, 5.74) is 1.75. The van der Waals surface area contributed by atoms with Crippen molar-refractivity contribution in [3.63, 3.8) is 0 Å². The largest absolute Gasteiger partial charge is 0.546 e. The van der Waals surface area contributed by atoms with Crippen LogP contribution in [0.25, 0.3) is 0 Å². The van der Waals surface area contributed by atoms with E-state index >= 15 is 0 Å². The quantitative estimate of drug-likeness (QED) is 0.837. The van der Waals surface area contributed by atoms with E-state index in [-0.39, 0.29) is 5.91 Å². The Bertz CT molecular complexity index is 623. The van der Waals surface area contributed by atoms with Crippen molar-refractivity contribution in [3.05, 3.63) is 60.2 Å². The lowest BCUT2D eigenvalue weighted by Crippen LogP contribution is -2.28. The number of hydrogen-bond donors (Lipinski definition) is 1. The number of ether oxygens (including phenoxy) is 1. The molecule has 0 atom stereocenters. The van der Waals surface area contributed by atoms with Gasteiger partial charge in [-0.3, -0.25) is 4.79 Å².